The zero-order valence-corrected chi connectivity index (χ0v) is 17.7. The number of benzene rings is 2. The van der Waals surface area contributed by atoms with Gasteiger partial charge in [0, 0.05) is 35.4 Å². The molecule has 0 N–H and O–H groups in total. The highest BCUT2D eigenvalue weighted by molar-refractivity contribution is 6.34. The Kier molecular flexibility index (Phi) is 4.30. The molecular formula is C23H25ClN2O3. The van der Waals surface area contributed by atoms with Crippen molar-refractivity contribution in [1.82, 2.24) is 5.01 Å². The Morgan fingerprint density at radius 2 is 2.00 bits per heavy atom. The van der Waals surface area contributed by atoms with Gasteiger partial charge in [0.2, 0.25) is 5.72 Å². The van der Waals surface area contributed by atoms with E-state index in [1.165, 1.54) is 0 Å². The molecule has 2 atom stereocenters. The first-order valence-electron chi connectivity index (χ1n) is 10.0. The van der Waals surface area contributed by atoms with E-state index in [4.69, 9.17) is 30.9 Å². The Morgan fingerprint density at radius 1 is 1.17 bits per heavy atom. The second-order valence-electron chi connectivity index (χ2n) is 8.55. The number of rotatable bonds is 2. The molecule has 5 nitrogen and oxygen atoms in total. The third-order valence-electron chi connectivity index (χ3n) is 6.08. The molecule has 2 aromatic rings. The van der Waals surface area contributed by atoms with Gasteiger partial charge in [0.1, 0.15) is 0 Å². The van der Waals surface area contributed by atoms with E-state index in [1.54, 1.807) is 7.11 Å². The van der Waals surface area contributed by atoms with Gasteiger partial charge in [0.15, 0.2) is 11.5 Å². The van der Waals surface area contributed by atoms with Gasteiger partial charge in [-0.25, -0.2) is 5.01 Å². The lowest BCUT2D eigenvalue weighted by Gasteiger charge is -2.52. The molecule has 3 heterocycles. The Bertz CT molecular complexity index is 990. The summed E-state index contributed by atoms with van der Waals surface area (Å²) < 4.78 is 18.4. The molecular weight excluding hydrogens is 388 g/mol. The average Bonchev–Trinajstić information content (AvgIpc) is 3.14. The SMILES string of the molecule is COc1cccc2c1O[C@@]1(CCOC(C)(C)C1)N1N=C(c3ccccc3Cl)C[C@@H]21. The van der Waals surface area contributed by atoms with Gasteiger partial charge >= 0.3 is 0 Å². The highest BCUT2D eigenvalue weighted by atomic mass is 35.5. The molecule has 0 amide bonds. The monoisotopic (exact) mass is 412 g/mol. The van der Waals surface area contributed by atoms with E-state index < -0.39 is 5.72 Å². The number of nitrogens with zero attached hydrogens (tertiary/aromatic N) is 2. The number of hydrogen-bond acceptors (Lipinski definition) is 5. The normalized spacial score (nSPS) is 27.1. The van der Waals surface area contributed by atoms with Gasteiger partial charge < -0.3 is 14.2 Å². The summed E-state index contributed by atoms with van der Waals surface area (Å²) in [5, 5.41) is 7.97. The molecule has 0 saturated carbocycles. The largest absolute Gasteiger partial charge is 0.493 e. The molecule has 1 fully saturated rings. The van der Waals surface area contributed by atoms with E-state index in [9.17, 15) is 0 Å². The molecule has 2 aromatic carbocycles. The molecule has 6 heteroatoms. The summed E-state index contributed by atoms with van der Waals surface area (Å²) in [6.45, 7) is 4.84. The van der Waals surface area contributed by atoms with Crippen molar-refractivity contribution in [3.8, 4) is 11.5 Å². The lowest BCUT2D eigenvalue weighted by molar-refractivity contribution is -0.212. The molecule has 0 radical (unpaired) electrons. The second kappa shape index (κ2) is 6.64. The van der Waals surface area contributed by atoms with E-state index in [0.29, 0.717) is 13.0 Å². The molecule has 0 bridgehead atoms. The lowest BCUT2D eigenvalue weighted by Crippen LogP contribution is -2.60. The van der Waals surface area contributed by atoms with Crippen molar-refractivity contribution in [1.29, 1.82) is 0 Å². The van der Waals surface area contributed by atoms with Crippen LogP contribution in [0.3, 0.4) is 0 Å². The molecule has 3 aliphatic rings. The summed E-state index contributed by atoms with van der Waals surface area (Å²) in [5.74, 6) is 1.58. The first-order chi connectivity index (χ1) is 13.9. The third-order valence-corrected chi connectivity index (χ3v) is 6.41. The van der Waals surface area contributed by atoms with Crippen LogP contribution < -0.4 is 9.47 Å². The van der Waals surface area contributed by atoms with Crippen molar-refractivity contribution in [2.45, 2.75) is 50.5 Å². The number of methoxy groups -OCH3 is 1. The molecule has 5 rings (SSSR count). The molecule has 1 spiro atoms. The van der Waals surface area contributed by atoms with Gasteiger partial charge in [0.25, 0.3) is 0 Å². The van der Waals surface area contributed by atoms with Crippen LogP contribution in [0.5, 0.6) is 11.5 Å². The maximum absolute atomic E-state index is 6.73. The smallest absolute Gasteiger partial charge is 0.203 e. The highest BCUT2D eigenvalue weighted by Gasteiger charge is 2.55. The maximum atomic E-state index is 6.73. The molecule has 152 valence electrons. The van der Waals surface area contributed by atoms with E-state index in [2.05, 4.69) is 24.9 Å². The van der Waals surface area contributed by atoms with Crippen LogP contribution in [-0.2, 0) is 4.74 Å². The number of hydrogen-bond donors (Lipinski definition) is 0. The Morgan fingerprint density at radius 3 is 2.76 bits per heavy atom. The topological polar surface area (TPSA) is 43.3 Å². The molecule has 3 aliphatic heterocycles. The minimum absolute atomic E-state index is 0.0778. The van der Waals surface area contributed by atoms with Crippen molar-refractivity contribution in [3.05, 3.63) is 58.6 Å². The zero-order chi connectivity index (χ0) is 20.2. The van der Waals surface area contributed by atoms with E-state index in [0.717, 1.165) is 46.2 Å². The predicted molar refractivity (Wildman–Crippen MR) is 113 cm³/mol. The van der Waals surface area contributed by atoms with E-state index >= 15 is 0 Å². The van der Waals surface area contributed by atoms with Gasteiger partial charge in [-0.1, -0.05) is 41.9 Å². The third kappa shape index (κ3) is 2.99. The van der Waals surface area contributed by atoms with Crippen molar-refractivity contribution in [3.63, 3.8) is 0 Å². The average molecular weight is 413 g/mol. The number of para-hydroxylation sites is 1. The van der Waals surface area contributed by atoms with Gasteiger partial charge in [-0.2, -0.15) is 5.10 Å². The molecule has 0 aliphatic carbocycles. The van der Waals surface area contributed by atoms with Crippen molar-refractivity contribution in [2.75, 3.05) is 13.7 Å². The predicted octanol–water partition coefficient (Wildman–Crippen LogP) is 5.18. The highest BCUT2D eigenvalue weighted by Crippen LogP contribution is 2.54. The fourth-order valence-electron chi connectivity index (χ4n) is 4.86. The van der Waals surface area contributed by atoms with Crippen LogP contribution in [0.25, 0.3) is 0 Å². The Balaban J connectivity index is 1.65. The summed E-state index contributed by atoms with van der Waals surface area (Å²) in [6, 6.07) is 14.1. The van der Waals surface area contributed by atoms with Gasteiger partial charge in [-0.3, -0.25) is 0 Å². The van der Waals surface area contributed by atoms with Gasteiger partial charge in [-0.05, 0) is 26.0 Å². The second-order valence-corrected chi connectivity index (χ2v) is 8.96. The fraction of sp³-hybridized carbons (Fsp3) is 0.435. The van der Waals surface area contributed by atoms with Crippen LogP contribution >= 0.6 is 11.6 Å². The van der Waals surface area contributed by atoms with Crippen molar-refractivity contribution < 1.29 is 14.2 Å². The summed E-state index contributed by atoms with van der Waals surface area (Å²) in [6.07, 6.45) is 2.23. The quantitative estimate of drug-likeness (QED) is 0.681. The van der Waals surface area contributed by atoms with Gasteiger partial charge in [-0.15, -0.1) is 0 Å². The minimum Gasteiger partial charge on any atom is -0.493 e. The molecule has 1 saturated heterocycles. The molecule has 29 heavy (non-hydrogen) atoms. The van der Waals surface area contributed by atoms with Crippen LogP contribution in [-0.4, -0.2) is 35.8 Å². The van der Waals surface area contributed by atoms with Crippen LogP contribution in [0.4, 0.5) is 0 Å². The first-order valence-corrected chi connectivity index (χ1v) is 10.4. The zero-order valence-electron chi connectivity index (χ0n) is 16.9. The van der Waals surface area contributed by atoms with Crippen LogP contribution in [0.15, 0.2) is 47.6 Å². The molecule has 0 aromatic heterocycles. The number of ether oxygens (including phenoxy) is 3. The van der Waals surface area contributed by atoms with Crippen LogP contribution in [0, 0.1) is 0 Å². The summed E-state index contributed by atoms with van der Waals surface area (Å²) in [5.41, 5.74) is 2.20. The fourth-order valence-corrected chi connectivity index (χ4v) is 5.11. The van der Waals surface area contributed by atoms with E-state index in [-0.39, 0.29) is 11.6 Å². The summed E-state index contributed by atoms with van der Waals surface area (Å²) in [7, 11) is 1.69. The summed E-state index contributed by atoms with van der Waals surface area (Å²) in [4.78, 5) is 0. The van der Waals surface area contributed by atoms with Crippen molar-refractivity contribution in [2.24, 2.45) is 5.10 Å². The van der Waals surface area contributed by atoms with Gasteiger partial charge in [0.05, 0.1) is 31.1 Å². The van der Waals surface area contributed by atoms with Crippen LogP contribution in [0.2, 0.25) is 5.02 Å². The Hall–Kier alpha value is -2.24. The van der Waals surface area contributed by atoms with Crippen LogP contribution in [0.1, 0.15) is 50.3 Å². The van der Waals surface area contributed by atoms with Crippen molar-refractivity contribution >= 4 is 17.3 Å². The first kappa shape index (κ1) is 18.8. The summed E-state index contributed by atoms with van der Waals surface area (Å²) >= 11 is 6.50. The number of fused-ring (bicyclic) bond motifs is 4. The Labute approximate surface area is 176 Å². The number of halogens is 1. The molecule has 0 unspecified atom stereocenters. The lowest BCUT2D eigenvalue weighted by atomic mass is 9.86. The minimum atomic E-state index is -0.572. The maximum Gasteiger partial charge on any atom is 0.203 e. The van der Waals surface area contributed by atoms with E-state index in [1.807, 2.05) is 36.4 Å². The number of hydrazone groups is 1. The standard InChI is InChI=1S/C23H25ClN2O3/c1-22(2)14-23(11-12-28-22)26-19(16-8-6-10-20(27-3)21(16)29-23)13-18(25-26)15-7-4-5-9-17(15)24/h4-10,19H,11-14H2,1-3H3/t19-,23+/m0/s1.